The molecule has 1 heterocycles. The molecule has 1 aromatic heterocycles. The smallest absolute Gasteiger partial charge is 0.140 e. The topological polar surface area (TPSA) is 16.4 Å². The molecule has 9 aromatic carbocycles. The van der Waals surface area contributed by atoms with E-state index in [2.05, 4.69) is 219 Å². The summed E-state index contributed by atoms with van der Waals surface area (Å²) < 4.78 is 7.26. The zero-order chi connectivity index (χ0) is 40.9. The van der Waals surface area contributed by atoms with Gasteiger partial charge in [-0.2, -0.15) is 0 Å². The maximum Gasteiger partial charge on any atom is 0.140 e. The normalized spacial score (nSPS) is 14.1. The molecule has 290 valence electrons. The molecular weight excluding hydrogens is 759 g/mol. The van der Waals surface area contributed by atoms with Crippen LogP contribution in [0.4, 0.5) is 17.1 Å². The van der Waals surface area contributed by atoms with E-state index in [0.29, 0.717) is 0 Å². The van der Waals surface area contributed by atoms with Gasteiger partial charge in [0.1, 0.15) is 11.2 Å². The molecule has 0 saturated heterocycles. The van der Waals surface area contributed by atoms with Crippen LogP contribution in [0, 0.1) is 0 Å². The van der Waals surface area contributed by atoms with Crippen molar-refractivity contribution in [3.63, 3.8) is 0 Å². The number of hydrogen-bond acceptors (Lipinski definition) is 3. The molecule has 0 atom stereocenters. The molecule has 0 spiro atoms. The highest BCUT2D eigenvalue weighted by atomic mass is 32.1. The first kappa shape index (κ1) is 35.8. The number of benzene rings is 9. The van der Waals surface area contributed by atoms with E-state index < -0.39 is 5.41 Å². The number of nitrogens with zero attached hydrogens (tertiary/aromatic N) is 1. The van der Waals surface area contributed by atoms with E-state index in [1.807, 2.05) is 6.07 Å². The molecule has 12 rings (SSSR count). The number of anilines is 3. The van der Waals surface area contributed by atoms with Crippen LogP contribution in [-0.2, 0) is 10.8 Å². The van der Waals surface area contributed by atoms with E-state index in [-0.39, 0.29) is 5.41 Å². The van der Waals surface area contributed by atoms with Crippen LogP contribution in [0.5, 0.6) is 0 Å². The third-order valence-corrected chi connectivity index (χ3v) is 13.8. The summed E-state index contributed by atoms with van der Waals surface area (Å²) in [5.41, 5.74) is 19.0. The predicted molar refractivity (Wildman–Crippen MR) is 256 cm³/mol. The van der Waals surface area contributed by atoms with E-state index in [4.69, 9.17) is 17.0 Å². The summed E-state index contributed by atoms with van der Waals surface area (Å²) >= 11 is 4.89. The maximum absolute atomic E-state index is 7.26. The molecule has 0 radical (unpaired) electrons. The third-order valence-electron chi connectivity index (χ3n) is 13.4. The van der Waals surface area contributed by atoms with Gasteiger partial charge in [-0.3, -0.25) is 0 Å². The molecule has 2 aliphatic rings. The molecule has 2 nitrogen and oxygen atoms in total. The zero-order valence-electron chi connectivity index (χ0n) is 33.9. The highest BCUT2D eigenvalue weighted by molar-refractivity contribution is 7.80. The Hall–Kier alpha value is -7.07. The fraction of sp³-hybridized carbons (Fsp3) is 0.0690. The van der Waals surface area contributed by atoms with Crippen LogP contribution in [0.1, 0.15) is 47.2 Å². The summed E-state index contributed by atoms with van der Waals surface area (Å²) in [4.78, 5) is 3.38. The first-order valence-electron chi connectivity index (χ1n) is 21.1. The van der Waals surface area contributed by atoms with Gasteiger partial charge in [0.25, 0.3) is 0 Å². The van der Waals surface area contributed by atoms with Crippen molar-refractivity contribution in [3.8, 4) is 33.4 Å². The molecular formula is C58H41NOS. The number of thiol groups is 1. The fourth-order valence-electron chi connectivity index (χ4n) is 10.8. The Morgan fingerprint density at radius 1 is 0.443 bits per heavy atom. The molecule has 0 fully saturated rings. The van der Waals surface area contributed by atoms with Gasteiger partial charge in [0.15, 0.2) is 0 Å². The van der Waals surface area contributed by atoms with Crippen molar-refractivity contribution in [2.75, 3.05) is 4.90 Å². The van der Waals surface area contributed by atoms with E-state index in [9.17, 15) is 0 Å². The Morgan fingerprint density at radius 3 is 1.75 bits per heavy atom. The monoisotopic (exact) mass is 799 g/mol. The van der Waals surface area contributed by atoms with Gasteiger partial charge >= 0.3 is 0 Å². The summed E-state index contributed by atoms with van der Waals surface area (Å²) in [5.74, 6) is 0. The molecule has 61 heavy (non-hydrogen) atoms. The van der Waals surface area contributed by atoms with Gasteiger partial charge in [-0.15, -0.1) is 12.6 Å². The zero-order valence-corrected chi connectivity index (χ0v) is 34.8. The van der Waals surface area contributed by atoms with Crippen LogP contribution in [0.3, 0.4) is 0 Å². The van der Waals surface area contributed by atoms with Gasteiger partial charge in [-0.25, -0.2) is 0 Å². The van der Waals surface area contributed by atoms with Crippen molar-refractivity contribution in [3.05, 3.63) is 240 Å². The second kappa shape index (κ2) is 13.5. The average molecular weight is 800 g/mol. The Labute approximate surface area is 361 Å². The first-order chi connectivity index (χ1) is 29.9. The van der Waals surface area contributed by atoms with Crippen LogP contribution >= 0.6 is 12.6 Å². The standard InChI is InChI=1S/C58H41NOS/c1-57(2)47-26-10-6-22-42(47)45-34-33-40(36-51(45)57)59(39-20-14-17-37(35-39)41-21-9-13-32-54(41)61)52-30-16-31-53-55(52)46-25-15-29-50(56(46)60-53)58(38-18-4-3-5-19-38)48-27-11-7-23-43(48)44-24-8-12-28-49(44)58/h3-36,61H,1-2H3. The van der Waals surface area contributed by atoms with Gasteiger partial charge < -0.3 is 9.32 Å². The predicted octanol–water partition coefficient (Wildman–Crippen LogP) is 15.7. The van der Waals surface area contributed by atoms with E-state index >= 15 is 0 Å². The van der Waals surface area contributed by atoms with Crippen LogP contribution in [0.15, 0.2) is 216 Å². The minimum atomic E-state index is -0.600. The van der Waals surface area contributed by atoms with Gasteiger partial charge in [-0.1, -0.05) is 178 Å². The summed E-state index contributed by atoms with van der Waals surface area (Å²) in [6.07, 6.45) is 0. The number of rotatable bonds is 6. The van der Waals surface area contributed by atoms with Crippen LogP contribution in [-0.4, -0.2) is 0 Å². The fourth-order valence-corrected chi connectivity index (χ4v) is 11.1. The van der Waals surface area contributed by atoms with E-state index in [1.54, 1.807) is 0 Å². The number of furan rings is 1. The molecule has 2 aliphatic carbocycles. The molecule has 0 saturated carbocycles. The minimum Gasteiger partial charge on any atom is -0.456 e. The number of fused-ring (bicyclic) bond motifs is 9. The quantitative estimate of drug-likeness (QED) is 0.169. The Kier molecular flexibility index (Phi) is 7.92. The number of para-hydroxylation sites is 1. The lowest BCUT2D eigenvalue weighted by molar-refractivity contribution is 0.648. The molecule has 10 aromatic rings. The molecule has 0 amide bonds. The van der Waals surface area contributed by atoms with Crippen molar-refractivity contribution < 1.29 is 4.42 Å². The van der Waals surface area contributed by atoms with Gasteiger partial charge in [0, 0.05) is 32.6 Å². The molecule has 0 bridgehead atoms. The largest absolute Gasteiger partial charge is 0.456 e. The Morgan fingerprint density at radius 2 is 1.02 bits per heavy atom. The number of hydrogen-bond donors (Lipinski definition) is 1. The molecule has 0 N–H and O–H groups in total. The van der Waals surface area contributed by atoms with Crippen LogP contribution < -0.4 is 4.90 Å². The molecule has 3 heteroatoms. The van der Waals surface area contributed by atoms with E-state index in [1.165, 1.54) is 50.1 Å². The lowest BCUT2D eigenvalue weighted by atomic mass is 9.67. The van der Waals surface area contributed by atoms with E-state index in [0.717, 1.165) is 60.6 Å². The van der Waals surface area contributed by atoms with Crippen molar-refractivity contribution in [1.29, 1.82) is 0 Å². The average Bonchev–Trinajstić information content (AvgIpc) is 3.92. The molecule has 0 unspecified atom stereocenters. The lowest BCUT2D eigenvalue weighted by Gasteiger charge is -2.33. The summed E-state index contributed by atoms with van der Waals surface area (Å²) in [5, 5.41) is 2.15. The summed E-state index contributed by atoms with van der Waals surface area (Å²) in [6.45, 7) is 4.70. The highest BCUT2D eigenvalue weighted by Crippen LogP contribution is 2.58. The second-order valence-corrected chi connectivity index (χ2v) is 17.4. The lowest BCUT2D eigenvalue weighted by Crippen LogP contribution is -2.28. The highest BCUT2D eigenvalue weighted by Gasteiger charge is 2.47. The molecule has 0 aliphatic heterocycles. The van der Waals surface area contributed by atoms with Gasteiger partial charge in [0.05, 0.1) is 16.5 Å². The van der Waals surface area contributed by atoms with Crippen molar-refractivity contribution in [1.82, 2.24) is 0 Å². The third kappa shape index (κ3) is 5.11. The van der Waals surface area contributed by atoms with Crippen LogP contribution in [0.25, 0.3) is 55.3 Å². The maximum atomic E-state index is 7.26. The van der Waals surface area contributed by atoms with Crippen molar-refractivity contribution in [2.24, 2.45) is 0 Å². The SMILES string of the molecule is CC1(C)c2ccccc2-c2ccc(N(c3cccc(-c4ccccc4S)c3)c3cccc4oc5c(C6(c7ccccc7)c7ccccc7-c7ccccc76)cccc5c34)cc21. The second-order valence-electron chi connectivity index (χ2n) is 16.9. The Bertz CT molecular complexity index is 3330. The first-order valence-corrected chi connectivity index (χ1v) is 21.5. The summed E-state index contributed by atoms with van der Waals surface area (Å²) in [6, 6.07) is 75.1. The minimum absolute atomic E-state index is 0.163. The van der Waals surface area contributed by atoms with Gasteiger partial charge in [0.2, 0.25) is 0 Å². The van der Waals surface area contributed by atoms with Crippen molar-refractivity contribution in [2.45, 2.75) is 29.6 Å². The Balaban J connectivity index is 1.14. The van der Waals surface area contributed by atoms with Crippen LogP contribution in [0.2, 0.25) is 0 Å². The van der Waals surface area contributed by atoms with Gasteiger partial charge in [-0.05, 0) is 104 Å². The summed E-state index contributed by atoms with van der Waals surface area (Å²) in [7, 11) is 0. The van der Waals surface area contributed by atoms with Crippen molar-refractivity contribution >= 4 is 51.6 Å².